The number of anilines is 2. The topological polar surface area (TPSA) is 85.3 Å². The lowest BCUT2D eigenvalue weighted by Crippen LogP contribution is -2.49. The number of fused-ring (bicyclic) bond motifs is 3. The number of nitrogens with zero attached hydrogens (tertiary/aromatic N) is 3. The summed E-state index contributed by atoms with van der Waals surface area (Å²) in [6, 6.07) is 23.3. The van der Waals surface area contributed by atoms with E-state index in [0.717, 1.165) is 28.4 Å². The van der Waals surface area contributed by atoms with E-state index in [9.17, 15) is 9.59 Å². The Morgan fingerprint density at radius 3 is 2.29 bits per heavy atom. The van der Waals surface area contributed by atoms with Crippen LogP contribution in [0.4, 0.5) is 16.2 Å². The van der Waals surface area contributed by atoms with Crippen LogP contribution in [-0.4, -0.2) is 54.8 Å². The van der Waals surface area contributed by atoms with Crippen LogP contribution in [0.1, 0.15) is 38.1 Å². The third-order valence-corrected chi connectivity index (χ3v) is 7.33. The number of carbonyl (C=O) groups excluding carboxylic acids is 2. The van der Waals surface area contributed by atoms with Crippen LogP contribution in [0.2, 0.25) is 0 Å². The van der Waals surface area contributed by atoms with Gasteiger partial charge in [-0.15, -0.1) is 0 Å². The molecule has 0 aliphatic carbocycles. The van der Waals surface area contributed by atoms with Crippen LogP contribution in [0.3, 0.4) is 0 Å². The molecule has 218 valence electrons. The minimum absolute atomic E-state index is 0.141. The van der Waals surface area contributed by atoms with Crippen LogP contribution in [0.15, 0.2) is 85.1 Å². The quantitative estimate of drug-likeness (QED) is 0.257. The normalized spacial score (nSPS) is 13.7. The maximum atomic E-state index is 14.4. The second-order valence-corrected chi connectivity index (χ2v) is 10.2. The molecule has 1 aromatic heterocycles. The summed E-state index contributed by atoms with van der Waals surface area (Å²) in [6.07, 6.45) is 1.99. The lowest BCUT2D eigenvalue weighted by atomic mass is 9.96. The van der Waals surface area contributed by atoms with Gasteiger partial charge in [-0.05, 0) is 87.5 Å². The van der Waals surface area contributed by atoms with Gasteiger partial charge in [0.1, 0.15) is 29.8 Å². The third-order valence-electron chi connectivity index (χ3n) is 7.33. The molecule has 1 atom stereocenters. The predicted molar refractivity (Wildman–Crippen MR) is 163 cm³/mol. The first-order valence-electron chi connectivity index (χ1n) is 14.0. The smallest absolute Gasteiger partial charge is 0.322 e. The van der Waals surface area contributed by atoms with Crippen LogP contribution in [-0.2, 0) is 4.79 Å². The number of nitrogens with one attached hydrogen (secondary N) is 1. The van der Waals surface area contributed by atoms with E-state index in [-0.39, 0.29) is 24.5 Å². The number of hydrogen-bond acceptors (Lipinski definition) is 5. The Labute approximate surface area is 246 Å². The molecule has 1 aliphatic heterocycles. The Bertz CT molecular complexity index is 1560. The summed E-state index contributed by atoms with van der Waals surface area (Å²) in [5.74, 6) is 1.76. The van der Waals surface area contributed by atoms with Crippen molar-refractivity contribution in [3.8, 4) is 22.9 Å². The van der Waals surface area contributed by atoms with Crippen molar-refractivity contribution in [2.24, 2.45) is 0 Å². The Morgan fingerprint density at radius 1 is 0.905 bits per heavy atom. The van der Waals surface area contributed by atoms with Gasteiger partial charge in [0.25, 0.3) is 0 Å². The number of methoxy groups -OCH3 is 2. The minimum atomic E-state index is -0.532. The van der Waals surface area contributed by atoms with Crippen LogP contribution >= 0.6 is 0 Å². The molecule has 1 unspecified atom stereocenters. The first-order chi connectivity index (χ1) is 20.4. The van der Waals surface area contributed by atoms with E-state index >= 15 is 0 Å². The number of ether oxygens (including phenoxy) is 3. The van der Waals surface area contributed by atoms with Gasteiger partial charge in [-0.2, -0.15) is 0 Å². The fourth-order valence-electron chi connectivity index (χ4n) is 5.32. The zero-order valence-corrected chi connectivity index (χ0v) is 24.5. The summed E-state index contributed by atoms with van der Waals surface area (Å²) in [5, 5.41) is 2.93. The number of rotatable bonds is 9. The molecule has 0 saturated heterocycles. The van der Waals surface area contributed by atoms with Gasteiger partial charge in [-0.25, -0.2) is 4.79 Å². The zero-order valence-electron chi connectivity index (χ0n) is 24.5. The first-order valence-corrected chi connectivity index (χ1v) is 14.0. The second-order valence-electron chi connectivity index (χ2n) is 10.2. The van der Waals surface area contributed by atoms with Crippen molar-refractivity contribution in [3.63, 3.8) is 0 Å². The number of carbonyl (C=O) groups is 2. The van der Waals surface area contributed by atoms with Gasteiger partial charge < -0.3 is 29.0 Å². The lowest BCUT2D eigenvalue weighted by molar-refractivity contribution is -0.119. The number of benzene rings is 3. The van der Waals surface area contributed by atoms with Crippen molar-refractivity contribution in [3.05, 3.63) is 96.3 Å². The SMILES string of the molecule is CCOc1ccc(NC(=O)N(CC(=O)N2c3ccccc3-n3cccc3C2c2cc(OC)ccc2OC)C(C)C)cc1. The highest BCUT2D eigenvalue weighted by atomic mass is 16.5. The van der Waals surface area contributed by atoms with E-state index in [2.05, 4.69) is 9.88 Å². The van der Waals surface area contributed by atoms with E-state index in [1.165, 1.54) is 4.90 Å². The summed E-state index contributed by atoms with van der Waals surface area (Å²) in [7, 11) is 3.22. The standard InChI is InChI=1S/C33H36N4O5/c1-6-42-24-15-13-23(14-16-24)34-33(39)36(22(2)3)21-31(38)37-28-11-8-7-10-27(28)35-19-9-12-29(35)32(37)26-20-25(40-4)17-18-30(26)41-5/h7-20,22,32H,6,21H2,1-5H3,(H,34,39). The van der Waals surface area contributed by atoms with Gasteiger partial charge in [0, 0.05) is 23.5 Å². The molecular weight excluding hydrogens is 532 g/mol. The molecular formula is C33H36N4O5. The Hall–Kier alpha value is -4.92. The summed E-state index contributed by atoms with van der Waals surface area (Å²) in [5.41, 5.74) is 3.88. The molecule has 3 amide bonds. The number of hydrogen-bond donors (Lipinski definition) is 1. The molecule has 5 rings (SSSR count). The van der Waals surface area contributed by atoms with Gasteiger partial charge in [-0.3, -0.25) is 9.69 Å². The van der Waals surface area contributed by atoms with Gasteiger partial charge in [0.2, 0.25) is 5.91 Å². The molecule has 0 fully saturated rings. The highest BCUT2D eigenvalue weighted by molar-refractivity contribution is 6.01. The number of para-hydroxylation sites is 2. The Balaban J connectivity index is 1.52. The van der Waals surface area contributed by atoms with Gasteiger partial charge in [0.15, 0.2) is 0 Å². The molecule has 0 radical (unpaired) electrons. The zero-order chi connectivity index (χ0) is 29.8. The maximum absolute atomic E-state index is 14.4. The van der Waals surface area contributed by atoms with Crippen LogP contribution in [0.5, 0.6) is 17.2 Å². The average molecular weight is 569 g/mol. The van der Waals surface area contributed by atoms with Crippen molar-refractivity contribution < 1.29 is 23.8 Å². The maximum Gasteiger partial charge on any atom is 0.322 e. The average Bonchev–Trinajstić information content (AvgIpc) is 3.50. The molecule has 2 heterocycles. The van der Waals surface area contributed by atoms with E-state index in [1.807, 2.05) is 81.6 Å². The van der Waals surface area contributed by atoms with Gasteiger partial charge >= 0.3 is 6.03 Å². The van der Waals surface area contributed by atoms with Gasteiger partial charge in [-0.1, -0.05) is 12.1 Å². The van der Waals surface area contributed by atoms with Crippen LogP contribution in [0, 0.1) is 0 Å². The molecule has 9 heteroatoms. The fourth-order valence-corrected chi connectivity index (χ4v) is 5.32. The lowest BCUT2D eigenvalue weighted by Gasteiger charge is -2.40. The molecule has 42 heavy (non-hydrogen) atoms. The molecule has 0 spiro atoms. The molecule has 3 aromatic carbocycles. The van der Waals surface area contributed by atoms with Crippen molar-refractivity contribution in [1.82, 2.24) is 9.47 Å². The summed E-state index contributed by atoms with van der Waals surface area (Å²) < 4.78 is 18.9. The molecule has 9 nitrogen and oxygen atoms in total. The van der Waals surface area contributed by atoms with E-state index in [1.54, 1.807) is 43.4 Å². The van der Waals surface area contributed by atoms with E-state index in [0.29, 0.717) is 23.8 Å². The molecule has 0 bridgehead atoms. The summed E-state index contributed by atoms with van der Waals surface area (Å²) in [6.45, 7) is 6.12. The third kappa shape index (κ3) is 5.50. The highest BCUT2D eigenvalue weighted by Gasteiger charge is 2.39. The van der Waals surface area contributed by atoms with E-state index < -0.39 is 6.04 Å². The monoisotopic (exact) mass is 568 g/mol. The predicted octanol–water partition coefficient (Wildman–Crippen LogP) is 6.27. The molecule has 1 N–H and O–H groups in total. The van der Waals surface area contributed by atoms with Crippen molar-refractivity contribution in [2.45, 2.75) is 32.9 Å². The molecule has 0 saturated carbocycles. The highest BCUT2D eigenvalue weighted by Crippen LogP contribution is 2.45. The van der Waals surface area contributed by atoms with Crippen molar-refractivity contribution in [1.29, 1.82) is 0 Å². The van der Waals surface area contributed by atoms with E-state index in [4.69, 9.17) is 14.2 Å². The molecule has 1 aliphatic rings. The van der Waals surface area contributed by atoms with Gasteiger partial charge in [0.05, 0.1) is 37.9 Å². The summed E-state index contributed by atoms with van der Waals surface area (Å²) in [4.78, 5) is 31.2. The number of urea groups is 1. The van der Waals surface area contributed by atoms with Crippen molar-refractivity contribution in [2.75, 3.05) is 37.6 Å². The number of aromatic nitrogens is 1. The largest absolute Gasteiger partial charge is 0.497 e. The van der Waals surface area contributed by atoms with Crippen molar-refractivity contribution >= 4 is 23.3 Å². The molecule has 4 aromatic rings. The Morgan fingerprint density at radius 2 is 1.62 bits per heavy atom. The Kier molecular flexibility index (Phi) is 8.38. The first kappa shape index (κ1) is 28.6. The minimum Gasteiger partial charge on any atom is -0.497 e. The summed E-state index contributed by atoms with van der Waals surface area (Å²) >= 11 is 0. The number of amides is 3. The van der Waals surface area contributed by atoms with Crippen LogP contribution < -0.4 is 24.4 Å². The second kappa shape index (κ2) is 12.3. The van der Waals surface area contributed by atoms with Crippen LogP contribution in [0.25, 0.3) is 5.69 Å². The fraction of sp³-hybridized carbons (Fsp3) is 0.273.